The number of carbonyl (C=O) groups is 2. The normalized spacial score (nSPS) is 12.7. The standard InChI is InChI=1S/C63H121NO5/c1-3-5-7-9-11-13-15-17-18-19-20-21-22-23-24-25-26-27-29-32-35-39-43-47-51-55-61(66)60(59-65)64-62(67)56-52-48-44-40-36-33-30-28-31-34-38-42-46-50-54-58-69-63(68)57-53-49-45-41-37-16-14-12-10-8-6-4-2/h12,14,31,34,60-61,65-66H,3-11,13,15-30,32-33,35-59H2,1-2H3,(H,64,67)/b14-12-,34-31-. The molecule has 3 N–H and O–H groups in total. The van der Waals surface area contributed by atoms with E-state index in [2.05, 4.69) is 43.5 Å². The van der Waals surface area contributed by atoms with E-state index in [0.717, 1.165) is 70.6 Å². The van der Waals surface area contributed by atoms with Crippen molar-refractivity contribution in [3.05, 3.63) is 24.3 Å². The van der Waals surface area contributed by atoms with Crippen molar-refractivity contribution in [1.29, 1.82) is 0 Å². The van der Waals surface area contributed by atoms with Crippen molar-refractivity contribution in [2.45, 2.75) is 353 Å². The van der Waals surface area contributed by atoms with Crippen LogP contribution in [0.1, 0.15) is 341 Å². The lowest BCUT2D eigenvalue weighted by molar-refractivity contribution is -0.143. The predicted molar refractivity (Wildman–Crippen MR) is 301 cm³/mol. The van der Waals surface area contributed by atoms with Crippen LogP contribution in [-0.2, 0) is 14.3 Å². The molecule has 0 bridgehead atoms. The summed E-state index contributed by atoms with van der Waals surface area (Å²) in [5, 5.41) is 23.4. The van der Waals surface area contributed by atoms with Crippen LogP contribution in [0.15, 0.2) is 24.3 Å². The molecule has 0 saturated carbocycles. The average Bonchev–Trinajstić information content (AvgIpc) is 3.35. The number of hydrogen-bond acceptors (Lipinski definition) is 5. The van der Waals surface area contributed by atoms with Crippen LogP contribution in [0, 0.1) is 0 Å². The molecule has 0 aromatic heterocycles. The minimum Gasteiger partial charge on any atom is -0.466 e. The van der Waals surface area contributed by atoms with Gasteiger partial charge in [-0.3, -0.25) is 9.59 Å². The maximum absolute atomic E-state index is 12.5. The summed E-state index contributed by atoms with van der Waals surface area (Å²) in [6.07, 6.45) is 71.9. The number of ether oxygens (including phenoxy) is 1. The summed E-state index contributed by atoms with van der Waals surface area (Å²) in [5.41, 5.74) is 0. The first-order valence-corrected chi connectivity index (χ1v) is 31.1. The van der Waals surface area contributed by atoms with Crippen LogP contribution in [0.4, 0.5) is 0 Å². The number of hydrogen-bond donors (Lipinski definition) is 3. The van der Waals surface area contributed by atoms with E-state index in [1.807, 2.05) is 0 Å². The summed E-state index contributed by atoms with van der Waals surface area (Å²) in [4.78, 5) is 24.5. The van der Waals surface area contributed by atoms with Crippen molar-refractivity contribution < 1.29 is 24.5 Å². The quantitative estimate of drug-likeness (QED) is 0.0321. The fourth-order valence-electron chi connectivity index (χ4n) is 9.69. The van der Waals surface area contributed by atoms with Gasteiger partial charge in [0.05, 0.1) is 25.4 Å². The zero-order chi connectivity index (χ0) is 50.0. The van der Waals surface area contributed by atoms with Crippen LogP contribution in [0.3, 0.4) is 0 Å². The Morgan fingerprint density at radius 1 is 0.391 bits per heavy atom. The molecule has 1 amide bonds. The van der Waals surface area contributed by atoms with Gasteiger partial charge in [0, 0.05) is 12.8 Å². The van der Waals surface area contributed by atoms with E-state index in [4.69, 9.17) is 4.74 Å². The molecule has 0 radical (unpaired) electrons. The van der Waals surface area contributed by atoms with E-state index in [-0.39, 0.29) is 18.5 Å². The van der Waals surface area contributed by atoms with Crippen molar-refractivity contribution in [2.75, 3.05) is 13.2 Å². The van der Waals surface area contributed by atoms with Gasteiger partial charge >= 0.3 is 5.97 Å². The SMILES string of the molecule is CCCCC/C=C\CCCCCCCC(=O)OCCCCCC/C=C\CCCCCCCCCC(=O)NC(CO)C(O)CCCCCCCCCCCCCCCCCCCCCCCCCCC. The Labute approximate surface area is 431 Å². The second kappa shape index (κ2) is 58.9. The summed E-state index contributed by atoms with van der Waals surface area (Å²) < 4.78 is 5.45. The number of amides is 1. The van der Waals surface area contributed by atoms with Crippen molar-refractivity contribution in [3.63, 3.8) is 0 Å². The molecular weight excluding hydrogens is 851 g/mol. The largest absolute Gasteiger partial charge is 0.466 e. The first kappa shape index (κ1) is 67.3. The predicted octanol–water partition coefficient (Wildman–Crippen LogP) is 19.4. The third kappa shape index (κ3) is 55.5. The zero-order valence-electron chi connectivity index (χ0n) is 46.6. The molecule has 2 unspecified atom stereocenters. The van der Waals surface area contributed by atoms with E-state index in [1.165, 1.54) is 238 Å². The van der Waals surface area contributed by atoms with E-state index in [1.54, 1.807) is 0 Å². The highest BCUT2D eigenvalue weighted by molar-refractivity contribution is 5.76. The summed E-state index contributed by atoms with van der Waals surface area (Å²) in [6.45, 7) is 4.91. The molecule has 0 saturated heterocycles. The lowest BCUT2D eigenvalue weighted by atomic mass is 10.0. The van der Waals surface area contributed by atoms with Gasteiger partial charge in [0.1, 0.15) is 0 Å². The molecule has 6 nitrogen and oxygen atoms in total. The molecule has 0 rings (SSSR count). The summed E-state index contributed by atoms with van der Waals surface area (Å²) in [6, 6.07) is -0.554. The molecule has 0 aliphatic rings. The number of carbonyl (C=O) groups excluding carboxylic acids is 2. The Hall–Kier alpha value is -1.66. The van der Waals surface area contributed by atoms with Crippen molar-refractivity contribution in [2.24, 2.45) is 0 Å². The van der Waals surface area contributed by atoms with E-state index in [0.29, 0.717) is 25.9 Å². The number of aliphatic hydroxyl groups is 2. The van der Waals surface area contributed by atoms with Crippen LogP contribution >= 0.6 is 0 Å². The molecule has 0 aromatic carbocycles. The van der Waals surface area contributed by atoms with Crippen LogP contribution in [-0.4, -0.2) is 47.4 Å². The molecular formula is C63H121NO5. The van der Waals surface area contributed by atoms with Gasteiger partial charge in [0.15, 0.2) is 0 Å². The Morgan fingerprint density at radius 3 is 1.06 bits per heavy atom. The number of unbranched alkanes of at least 4 members (excludes halogenated alkanes) is 43. The third-order valence-electron chi connectivity index (χ3n) is 14.5. The number of aliphatic hydroxyl groups excluding tert-OH is 2. The van der Waals surface area contributed by atoms with Crippen LogP contribution in [0.2, 0.25) is 0 Å². The lowest BCUT2D eigenvalue weighted by Crippen LogP contribution is -2.45. The lowest BCUT2D eigenvalue weighted by Gasteiger charge is -2.22. The molecule has 0 aliphatic carbocycles. The molecule has 69 heavy (non-hydrogen) atoms. The Morgan fingerprint density at radius 2 is 0.681 bits per heavy atom. The maximum atomic E-state index is 12.5. The van der Waals surface area contributed by atoms with Gasteiger partial charge in [-0.25, -0.2) is 0 Å². The zero-order valence-corrected chi connectivity index (χ0v) is 46.6. The van der Waals surface area contributed by atoms with E-state index < -0.39 is 12.1 Å². The highest BCUT2D eigenvalue weighted by Gasteiger charge is 2.20. The van der Waals surface area contributed by atoms with E-state index in [9.17, 15) is 19.8 Å². The number of esters is 1. The number of allylic oxidation sites excluding steroid dienone is 4. The van der Waals surface area contributed by atoms with Gasteiger partial charge < -0.3 is 20.3 Å². The van der Waals surface area contributed by atoms with Gasteiger partial charge in [0.2, 0.25) is 5.91 Å². The topological polar surface area (TPSA) is 95.9 Å². The first-order chi connectivity index (χ1) is 34.0. The van der Waals surface area contributed by atoms with Gasteiger partial charge in [-0.05, 0) is 77.0 Å². The minimum absolute atomic E-state index is 0.0194. The molecule has 2 atom stereocenters. The second-order valence-corrected chi connectivity index (χ2v) is 21.4. The van der Waals surface area contributed by atoms with Gasteiger partial charge in [-0.15, -0.1) is 0 Å². The third-order valence-corrected chi connectivity index (χ3v) is 14.5. The average molecular weight is 973 g/mol. The van der Waals surface area contributed by atoms with Crippen molar-refractivity contribution >= 4 is 11.9 Å². The Balaban J connectivity index is 3.46. The summed E-state index contributed by atoms with van der Waals surface area (Å²) in [7, 11) is 0. The molecule has 6 heteroatoms. The Kier molecular flexibility index (Phi) is 57.5. The van der Waals surface area contributed by atoms with Crippen LogP contribution in [0.5, 0.6) is 0 Å². The number of nitrogens with one attached hydrogen (secondary N) is 1. The van der Waals surface area contributed by atoms with Crippen LogP contribution in [0.25, 0.3) is 0 Å². The highest BCUT2D eigenvalue weighted by atomic mass is 16.5. The molecule has 0 aromatic rings. The smallest absolute Gasteiger partial charge is 0.305 e. The minimum atomic E-state index is -0.676. The van der Waals surface area contributed by atoms with Gasteiger partial charge in [0.25, 0.3) is 0 Å². The fourth-order valence-corrected chi connectivity index (χ4v) is 9.69. The first-order valence-electron chi connectivity index (χ1n) is 31.1. The summed E-state index contributed by atoms with van der Waals surface area (Å²) >= 11 is 0. The van der Waals surface area contributed by atoms with Gasteiger partial charge in [-0.2, -0.15) is 0 Å². The molecule has 0 aliphatic heterocycles. The van der Waals surface area contributed by atoms with E-state index >= 15 is 0 Å². The summed E-state index contributed by atoms with van der Waals surface area (Å²) in [5.74, 6) is -0.0663. The molecule has 0 heterocycles. The molecule has 0 fully saturated rings. The monoisotopic (exact) mass is 972 g/mol. The second-order valence-electron chi connectivity index (χ2n) is 21.4. The van der Waals surface area contributed by atoms with Crippen molar-refractivity contribution in [3.8, 4) is 0 Å². The van der Waals surface area contributed by atoms with Crippen LogP contribution < -0.4 is 5.32 Å². The number of rotatable bonds is 58. The molecule has 0 spiro atoms. The van der Waals surface area contributed by atoms with Crippen molar-refractivity contribution in [1.82, 2.24) is 5.32 Å². The fraction of sp³-hybridized carbons (Fsp3) is 0.905. The molecule has 408 valence electrons. The van der Waals surface area contributed by atoms with Gasteiger partial charge in [-0.1, -0.05) is 276 Å². The highest BCUT2D eigenvalue weighted by Crippen LogP contribution is 2.18. The maximum Gasteiger partial charge on any atom is 0.305 e. The Bertz CT molecular complexity index is 1080.